The summed E-state index contributed by atoms with van der Waals surface area (Å²) in [5, 5.41) is 7.24. The van der Waals surface area contributed by atoms with E-state index in [9.17, 15) is 4.79 Å². The first-order valence-corrected chi connectivity index (χ1v) is 13.1. The number of hydrogen-bond acceptors (Lipinski definition) is 4. The van der Waals surface area contributed by atoms with Crippen molar-refractivity contribution in [2.75, 3.05) is 13.2 Å². The summed E-state index contributed by atoms with van der Waals surface area (Å²) in [4.78, 5) is 12.7. The molecule has 0 bridgehead atoms. The second-order valence-electron chi connectivity index (χ2n) is 9.71. The molecule has 0 aliphatic carbocycles. The van der Waals surface area contributed by atoms with E-state index in [1.165, 1.54) is 0 Å². The third-order valence-corrected chi connectivity index (χ3v) is 10.5. The summed E-state index contributed by atoms with van der Waals surface area (Å²) in [6, 6.07) is 10.7. The minimum absolute atomic E-state index is 0.102. The van der Waals surface area contributed by atoms with E-state index in [-0.39, 0.29) is 22.8 Å². The number of carbonyl (C=O) groups is 1. The Morgan fingerprint density at radius 1 is 1.19 bits per heavy atom. The second-order valence-corrected chi connectivity index (χ2v) is 14.5. The van der Waals surface area contributed by atoms with Crippen LogP contribution in [-0.4, -0.2) is 45.4 Å². The molecule has 1 aliphatic heterocycles. The Bertz CT molecular complexity index is 610. The first-order valence-electron chi connectivity index (χ1n) is 10.2. The quantitative estimate of drug-likeness (QED) is 0.471. The second kappa shape index (κ2) is 8.99. The molecule has 0 aromatic heterocycles. The van der Waals surface area contributed by atoms with Crippen LogP contribution in [0, 0.1) is 5.92 Å². The molecule has 152 valence electrons. The van der Waals surface area contributed by atoms with Crippen molar-refractivity contribution in [1.82, 2.24) is 10.6 Å². The highest BCUT2D eigenvalue weighted by molar-refractivity contribution is 6.74. The predicted molar refractivity (Wildman–Crippen MR) is 116 cm³/mol. The molecule has 0 spiro atoms. The molecular formula is C22H38N2O2Si. The van der Waals surface area contributed by atoms with Gasteiger partial charge in [-0.25, -0.2) is 0 Å². The smallest absolute Gasteiger partial charge is 0.192 e. The highest BCUT2D eigenvalue weighted by Crippen LogP contribution is 2.37. The average molecular weight is 391 g/mol. The Hall–Kier alpha value is -1.01. The highest BCUT2D eigenvalue weighted by atomic mass is 28.4. The standard InChI is InChI=1S/C22H38N2O2Si/c1-16(2)21(20(25)13-17-11-9-8-10-12-17)23-14-18-19(24-18)15-26-27(6,7)22(3,4)5/h8-12,16,18-19,21,23-24H,13-15H2,1-7H3/t18-,19+,21+/m1/s1. The number of nitrogens with one attached hydrogen (secondary N) is 2. The summed E-state index contributed by atoms with van der Waals surface area (Å²) < 4.78 is 6.31. The summed E-state index contributed by atoms with van der Waals surface area (Å²) in [5.41, 5.74) is 1.08. The van der Waals surface area contributed by atoms with Gasteiger partial charge in [0.25, 0.3) is 0 Å². The SMILES string of the molecule is CC(C)[C@H](NC[C@H]1N[C@H]1CO[Si](C)(C)C(C)(C)C)C(=O)Cc1ccccc1. The molecule has 1 aromatic rings. The Kier molecular flexibility index (Phi) is 7.42. The highest BCUT2D eigenvalue weighted by Gasteiger charge is 2.42. The predicted octanol–water partition coefficient (Wildman–Crippen LogP) is 3.77. The molecule has 0 saturated carbocycles. The molecule has 27 heavy (non-hydrogen) atoms. The molecule has 2 N–H and O–H groups in total. The van der Waals surface area contributed by atoms with Crippen LogP contribution in [0.25, 0.3) is 0 Å². The fraction of sp³-hybridized carbons (Fsp3) is 0.682. The summed E-state index contributed by atoms with van der Waals surface area (Å²) in [5.74, 6) is 0.549. The van der Waals surface area contributed by atoms with Gasteiger partial charge in [-0.05, 0) is 29.6 Å². The number of rotatable bonds is 10. The topological polar surface area (TPSA) is 60.3 Å². The molecule has 1 saturated heterocycles. The van der Waals surface area contributed by atoms with Gasteiger partial charge in [0, 0.05) is 25.0 Å². The molecule has 1 aliphatic rings. The zero-order valence-corrected chi connectivity index (χ0v) is 19.1. The molecule has 0 unspecified atom stereocenters. The molecular weight excluding hydrogens is 352 g/mol. The van der Waals surface area contributed by atoms with E-state index < -0.39 is 8.32 Å². The van der Waals surface area contributed by atoms with Crippen LogP contribution < -0.4 is 10.6 Å². The van der Waals surface area contributed by atoms with Gasteiger partial charge >= 0.3 is 0 Å². The number of carbonyl (C=O) groups excluding carboxylic acids is 1. The van der Waals surface area contributed by atoms with Crippen molar-refractivity contribution in [2.24, 2.45) is 5.92 Å². The van der Waals surface area contributed by atoms with Gasteiger partial charge in [0.15, 0.2) is 14.1 Å². The van der Waals surface area contributed by atoms with Crippen LogP contribution >= 0.6 is 0 Å². The van der Waals surface area contributed by atoms with Gasteiger partial charge in [0.2, 0.25) is 0 Å². The molecule has 0 radical (unpaired) electrons. The Balaban J connectivity index is 1.78. The number of hydrogen-bond donors (Lipinski definition) is 2. The third-order valence-electron chi connectivity index (χ3n) is 6.03. The van der Waals surface area contributed by atoms with E-state index in [2.05, 4.69) is 58.3 Å². The lowest BCUT2D eigenvalue weighted by molar-refractivity contribution is -0.121. The maximum absolute atomic E-state index is 12.7. The van der Waals surface area contributed by atoms with Crippen molar-refractivity contribution in [1.29, 1.82) is 0 Å². The van der Waals surface area contributed by atoms with Crippen LogP contribution in [0.4, 0.5) is 0 Å². The zero-order valence-electron chi connectivity index (χ0n) is 18.1. The number of ketones is 1. The van der Waals surface area contributed by atoms with E-state index >= 15 is 0 Å². The van der Waals surface area contributed by atoms with Crippen molar-refractivity contribution in [3.8, 4) is 0 Å². The third kappa shape index (κ3) is 6.52. The molecule has 3 atom stereocenters. The first kappa shape index (κ1) is 22.3. The molecule has 1 aromatic carbocycles. The van der Waals surface area contributed by atoms with Crippen LogP contribution in [0.5, 0.6) is 0 Å². The van der Waals surface area contributed by atoms with Crippen LogP contribution in [0.2, 0.25) is 18.1 Å². The first-order chi connectivity index (χ1) is 12.5. The zero-order chi connectivity index (χ0) is 20.2. The van der Waals surface area contributed by atoms with E-state index in [0.29, 0.717) is 18.5 Å². The normalized spacial score (nSPS) is 21.3. The van der Waals surface area contributed by atoms with Crippen LogP contribution in [0.1, 0.15) is 40.2 Å². The van der Waals surface area contributed by atoms with Crippen LogP contribution in [-0.2, 0) is 15.6 Å². The monoisotopic (exact) mass is 390 g/mol. The fourth-order valence-electron chi connectivity index (χ4n) is 2.98. The summed E-state index contributed by atoms with van der Waals surface area (Å²) >= 11 is 0. The fourth-order valence-corrected chi connectivity index (χ4v) is 4.01. The van der Waals surface area contributed by atoms with Crippen molar-refractivity contribution < 1.29 is 9.22 Å². The van der Waals surface area contributed by atoms with Gasteiger partial charge in [-0.2, -0.15) is 0 Å². The Morgan fingerprint density at radius 2 is 1.81 bits per heavy atom. The molecule has 5 heteroatoms. The van der Waals surface area contributed by atoms with E-state index in [1.54, 1.807) is 0 Å². The van der Waals surface area contributed by atoms with E-state index in [0.717, 1.165) is 18.7 Å². The molecule has 1 fully saturated rings. The number of benzene rings is 1. The molecule has 4 nitrogen and oxygen atoms in total. The molecule has 2 rings (SSSR count). The van der Waals surface area contributed by atoms with Crippen LogP contribution in [0.3, 0.4) is 0 Å². The lowest BCUT2D eigenvalue weighted by Crippen LogP contribution is -2.44. The minimum Gasteiger partial charge on any atom is -0.415 e. The summed E-state index contributed by atoms with van der Waals surface area (Å²) in [6.07, 6.45) is 0.493. The van der Waals surface area contributed by atoms with Crippen molar-refractivity contribution in [2.45, 2.75) is 77.3 Å². The summed E-state index contributed by atoms with van der Waals surface area (Å²) in [7, 11) is -1.70. The molecule has 1 heterocycles. The maximum Gasteiger partial charge on any atom is 0.192 e. The van der Waals surface area contributed by atoms with Crippen molar-refractivity contribution in [3.63, 3.8) is 0 Å². The lowest BCUT2D eigenvalue weighted by atomic mass is 9.95. The number of Topliss-reactive ketones (excluding diaryl/α,β-unsaturated/α-hetero) is 1. The van der Waals surface area contributed by atoms with Gasteiger partial charge in [-0.1, -0.05) is 65.0 Å². The van der Waals surface area contributed by atoms with Gasteiger partial charge in [-0.3, -0.25) is 4.79 Å². The molecule has 0 amide bonds. The summed E-state index contributed by atoms with van der Waals surface area (Å²) in [6.45, 7) is 17.2. The largest absolute Gasteiger partial charge is 0.415 e. The minimum atomic E-state index is -1.70. The van der Waals surface area contributed by atoms with Gasteiger partial charge < -0.3 is 15.1 Å². The van der Waals surface area contributed by atoms with Crippen LogP contribution in [0.15, 0.2) is 30.3 Å². The van der Waals surface area contributed by atoms with Gasteiger partial charge in [0.1, 0.15) is 0 Å². The van der Waals surface area contributed by atoms with Gasteiger partial charge in [0.05, 0.1) is 12.6 Å². The lowest BCUT2D eigenvalue weighted by Gasteiger charge is -2.36. The van der Waals surface area contributed by atoms with Crippen molar-refractivity contribution >= 4 is 14.1 Å². The average Bonchev–Trinajstić information content (AvgIpc) is 3.31. The van der Waals surface area contributed by atoms with Crippen molar-refractivity contribution in [3.05, 3.63) is 35.9 Å². The maximum atomic E-state index is 12.7. The van der Waals surface area contributed by atoms with Gasteiger partial charge in [-0.15, -0.1) is 0 Å². The Labute approximate surface area is 166 Å². The van der Waals surface area contributed by atoms with E-state index in [4.69, 9.17) is 4.43 Å². The Morgan fingerprint density at radius 3 is 2.37 bits per heavy atom. The van der Waals surface area contributed by atoms with E-state index in [1.807, 2.05) is 30.3 Å².